The Morgan fingerprint density at radius 3 is 2.58 bits per heavy atom. The number of hydrogen-bond donors (Lipinski definition) is 2. The van der Waals surface area contributed by atoms with Crippen LogP contribution in [0, 0.1) is 13.8 Å². The van der Waals surface area contributed by atoms with E-state index >= 15 is 0 Å². The van der Waals surface area contributed by atoms with Crippen LogP contribution in [0.25, 0.3) is 5.78 Å². The highest BCUT2D eigenvalue weighted by molar-refractivity contribution is 5.90. The molecule has 0 aliphatic heterocycles. The standard InChI is InChI=1S/C17H19N5O2/c1-11-9-12(2)22-17(19-11)20-15(21-22)16(24)18-8-7-13-3-5-14(10-23)6-4-13/h3-6,9,23H,7-8,10H2,1-2H3,(H,18,24). The molecular weight excluding hydrogens is 306 g/mol. The fourth-order valence-electron chi connectivity index (χ4n) is 2.47. The number of aryl methyl sites for hydroxylation is 2. The fourth-order valence-corrected chi connectivity index (χ4v) is 2.47. The Morgan fingerprint density at radius 2 is 1.88 bits per heavy atom. The SMILES string of the molecule is Cc1cc(C)n2nc(C(=O)NCCc3ccc(CO)cc3)nc2n1. The number of hydrogen-bond acceptors (Lipinski definition) is 5. The first kappa shape index (κ1) is 16.1. The molecule has 0 unspecified atom stereocenters. The van der Waals surface area contributed by atoms with E-state index in [2.05, 4.69) is 20.4 Å². The number of carbonyl (C=O) groups excluding carboxylic acids is 1. The van der Waals surface area contributed by atoms with Crippen LogP contribution in [0.4, 0.5) is 0 Å². The molecule has 0 aliphatic rings. The van der Waals surface area contributed by atoms with Crippen molar-refractivity contribution in [3.8, 4) is 0 Å². The van der Waals surface area contributed by atoms with Crippen LogP contribution in [0.3, 0.4) is 0 Å². The molecule has 2 heterocycles. The molecule has 0 fully saturated rings. The third kappa shape index (κ3) is 3.41. The van der Waals surface area contributed by atoms with E-state index in [0.717, 1.165) is 22.5 Å². The zero-order valence-corrected chi connectivity index (χ0v) is 13.7. The lowest BCUT2D eigenvalue weighted by Gasteiger charge is -2.04. The van der Waals surface area contributed by atoms with Gasteiger partial charge in [-0.15, -0.1) is 5.10 Å². The predicted molar refractivity (Wildman–Crippen MR) is 88.7 cm³/mol. The van der Waals surface area contributed by atoms with Crippen molar-refractivity contribution < 1.29 is 9.90 Å². The molecule has 0 aliphatic carbocycles. The van der Waals surface area contributed by atoms with Crippen molar-refractivity contribution in [2.75, 3.05) is 6.54 Å². The molecule has 2 aromatic heterocycles. The summed E-state index contributed by atoms with van der Waals surface area (Å²) in [6.45, 7) is 4.29. The first-order valence-electron chi connectivity index (χ1n) is 7.74. The van der Waals surface area contributed by atoms with Crippen molar-refractivity contribution in [1.82, 2.24) is 24.9 Å². The first-order valence-corrected chi connectivity index (χ1v) is 7.74. The van der Waals surface area contributed by atoms with Gasteiger partial charge in [0, 0.05) is 17.9 Å². The Kier molecular flexibility index (Phi) is 4.52. The number of aromatic nitrogens is 4. The minimum absolute atomic E-state index is 0.0312. The van der Waals surface area contributed by atoms with Crippen molar-refractivity contribution in [1.29, 1.82) is 0 Å². The molecule has 1 amide bonds. The quantitative estimate of drug-likeness (QED) is 0.735. The molecule has 7 nitrogen and oxygen atoms in total. The Morgan fingerprint density at radius 1 is 1.17 bits per heavy atom. The van der Waals surface area contributed by atoms with E-state index in [1.807, 2.05) is 44.2 Å². The number of rotatable bonds is 5. The molecule has 0 saturated heterocycles. The molecule has 0 saturated carbocycles. The minimum atomic E-state index is -0.315. The summed E-state index contributed by atoms with van der Waals surface area (Å²) >= 11 is 0. The van der Waals surface area contributed by atoms with Gasteiger partial charge in [-0.3, -0.25) is 4.79 Å². The molecule has 0 atom stereocenters. The Bertz CT molecular complexity index is 871. The second-order valence-electron chi connectivity index (χ2n) is 5.67. The molecule has 0 radical (unpaired) electrons. The van der Waals surface area contributed by atoms with Gasteiger partial charge in [-0.2, -0.15) is 4.98 Å². The van der Waals surface area contributed by atoms with E-state index in [9.17, 15) is 4.79 Å². The molecule has 2 N–H and O–H groups in total. The summed E-state index contributed by atoms with van der Waals surface area (Å²) in [5.74, 6) is 0.230. The van der Waals surface area contributed by atoms with Crippen molar-refractivity contribution in [3.63, 3.8) is 0 Å². The highest BCUT2D eigenvalue weighted by Gasteiger charge is 2.14. The van der Waals surface area contributed by atoms with Gasteiger partial charge >= 0.3 is 0 Å². The van der Waals surface area contributed by atoms with Gasteiger partial charge < -0.3 is 10.4 Å². The maximum absolute atomic E-state index is 12.2. The van der Waals surface area contributed by atoms with Gasteiger partial charge in [0.2, 0.25) is 5.82 Å². The molecular formula is C17H19N5O2. The maximum Gasteiger partial charge on any atom is 0.291 e. The van der Waals surface area contributed by atoms with Crippen LogP contribution in [-0.2, 0) is 13.0 Å². The first-order chi connectivity index (χ1) is 11.6. The topological polar surface area (TPSA) is 92.4 Å². The van der Waals surface area contributed by atoms with E-state index in [-0.39, 0.29) is 18.3 Å². The number of amides is 1. The van der Waals surface area contributed by atoms with Crippen molar-refractivity contribution in [3.05, 3.63) is 58.7 Å². The van der Waals surface area contributed by atoms with Gasteiger partial charge in [0.25, 0.3) is 11.7 Å². The Hall–Kier alpha value is -2.80. The summed E-state index contributed by atoms with van der Waals surface area (Å²) < 4.78 is 1.57. The lowest BCUT2D eigenvalue weighted by molar-refractivity contribution is 0.0944. The van der Waals surface area contributed by atoms with Gasteiger partial charge in [0.1, 0.15) is 0 Å². The lowest BCUT2D eigenvalue weighted by Crippen LogP contribution is -2.26. The number of carbonyl (C=O) groups is 1. The van der Waals surface area contributed by atoms with Crippen molar-refractivity contribution in [2.24, 2.45) is 0 Å². The molecule has 0 spiro atoms. The second-order valence-corrected chi connectivity index (χ2v) is 5.67. The van der Waals surface area contributed by atoms with Gasteiger partial charge in [0.05, 0.1) is 6.61 Å². The third-order valence-electron chi connectivity index (χ3n) is 3.73. The summed E-state index contributed by atoms with van der Waals surface area (Å²) in [5, 5.41) is 16.0. The van der Waals surface area contributed by atoms with Crippen LogP contribution in [0.2, 0.25) is 0 Å². The zero-order chi connectivity index (χ0) is 17.1. The summed E-state index contributed by atoms with van der Waals surface area (Å²) in [6, 6.07) is 9.52. The molecule has 124 valence electrons. The molecule has 3 aromatic rings. The van der Waals surface area contributed by atoms with E-state index < -0.39 is 0 Å². The van der Waals surface area contributed by atoms with E-state index in [1.165, 1.54) is 0 Å². The smallest absolute Gasteiger partial charge is 0.291 e. The monoisotopic (exact) mass is 325 g/mol. The number of aliphatic hydroxyl groups is 1. The maximum atomic E-state index is 12.2. The van der Waals surface area contributed by atoms with E-state index in [0.29, 0.717) is 18.7 Å². The van der Waals surface area contributed by atoms with Crippen LogP contribution < -0.4 is 5.32 Å². The zero-order valence-electron chi connectivity index (χ0n) is 13.7. The molecule has 1 aromatic carbocycles. The van der Waals surface area contributed by atoms with Crippen LogP contribution in [-0.4, -0.2) is 37.1 Å². The van der Waals surface area contributed by atoms with Crippen LogP contribution in [0.15, 0.2) is 30.3 Å². The highest BCUT2D eigenvalue weighted by atomic mass is 16.3. The second kappa shape index (κ2) is 6.76. The number of benzene rings is 1. The number of fused-ring (bicyclic) bond motifs is 1. The summed E-state index contributed by atoms with van der Waals surface area (Å²) in [6.07, 6.45) is 0.696. The number of aliphatic hydroxyl groups excluding tert-OH is 1. The number of nitrogens with zero attached hydrogens (tertiary/aromatic N) is 4. The summed E-state index contributed by atoms with van der Waals surface area (Å²) in [5.41, 5.74) is 3.68. The van der Waals surface area contributed by atoms with Crippen LogP contribution in [0.1, 0.15) is 33.1 Å². The average molecular weight is 325 g/mol. The molecule has 7 heteroatoms. The van der Waals surface area contributed by atoms with Crippen molar-refractivity contribution in [2.45, 2.75) is 26.9 Å². The number of nitrogens with one attached hydrogen (secondary N) is 1. The summed E-state index contributed by atoms with van der Waals surface area (Å²) in [7, 11) is 0. The predicted octanol–water partition coefficient (Wildman–Crippen LogP) is 1.21. The van der Waals surface area contributed by atoms with E-state index in [4.69, 9.17) is 5.11 Å². The van der Waals surface area contributed by atoms with Gasteiger partial charge in [-0.25, -0.2) is 9.50 Å². The minimum Gasteiger partial charge on any atom is -0.392 e. The average Bonchev–Trinajstić information content (AvgIpc) is 3.00. The molecule has 0 bridgehead atoms. The Balaban J connectivity index is 1.63. The van der Waals surface area contributed by atoms with Crippen LogP contribution in [0.5, 0.6) is 0 Å². The van der Waals surface area contributed by atoms with Gasteiger partial charge in [0.15, 0.2) is 0 Å². The fraction of sp³-hybridized carbons (Fsp3) is 0.294. The highest BCUT2D eigenvalue weighted by Crippen LogP contribution is 2.06. The van der Waals surface area contributed by atoms with Gasteiger partial charge in [-0.1, -0.05) is 24.3 Å². The molecule has 24 heavy (non-hydrogen) atoms. The largest absolute Gasteiger partial charge is 0.392 e. The van der Waals surface area contributed by atoms with E-state index in [1.54, 1.807) is 4.52 Å². The third-order valence-corrected chi connectivity index (χ3v) is 3.73. The lowest BCUT2D eigenvalue weighted by atomic mass is 10.1. The summed E-state index contributed by atoms with van der Waals surface area (Å²) in [4.78, 5) is 20.6. The van der Waals surface area contributed by atoms with Crippen LogP contribution >= 0.6 is 0 Å². The van der Waals surface area contributed by atoms with Gasteiger partial charge in [-0.05, 0) is 37.5 Å². The normalized spacial score (nSPS) is 11.0. The molecule has 3 rings (SSSR count). The van der Waals surface area contributed by atoms with Crippen molar-refractivity contribution >= 4 is 11.7 Å². The Labute approximate surface area is 139 Å².